The Morgan fingerprint density at radius 2 is 2.15 bits per heavy atom. The molecular weight excluding hydrogens is 349 g/mol. The first-order valence-corrected chi connectivity index (χ1v) is 8.66. The Morgan fingerprint density at radius 3 is 2.77 bits per heavy atom. The molecule has 1 saturated heterocycles. The van der Waals surface area contributed by atoms with Crippen LogP contribution in [0.5, 0.6) is 11.5 Å². The number of nitrogens with one attached hydrogen (secondary N) is 2. The van der Waals surface area contributed by atoms with E-state index in [0.717, 1.165) is 25.9 Å². The van der Waals surface area contributed by atoms with Crippen LogP contribution in [0, 0.1) is 11.8 Å². The van der Waals surface area contributed by atoms with Crippen molar-refractivity contribution in [1.29, 1.82) is 0 Å². The lowest BCUT2D eigenvalue weighted by atomic mass is 9.85. The Bertz CT molecular complexity index is 602. The molecule has 1 aromatic rings. The lowest BCUT2D eigenvalue weighted by Gasteiger charge is -2.28. The molecule has 146 valence electrons. The van der Waals surface area contributed by atoms with Crippen molar-refractivity contribution >= 4 is 11.6 Å². The van der Waals surface area contributed by atoms with Gasteiger partial charge in [0, 0.05) is 18.2 Å². The summed E-state index contributed by atoms with van der Waals surface area (Å²) in [6.45, 7) is 2.55. The van der Waals surface area contributed by atoms with Crippen LogP contribution in [0.4, 0.5) is 18.9 Å². The third-order valence-corrected chi connectivity index (χ3v) is 4.49. The van der Waals surface area contributed by atoms with Gasteiger partial charge in [0.15, 0.2) is 18.1 Å². The van der Waals surface area contributed by atoms with Crippen molar-refractivity contribution in [2.45, 2.75) is 32.4 Å². The monoisotopic (exact) mass is 374 g/mol. The highest BCUT2D eigenvalue weighted by Crippen LogP contribution is 2.32. The van der Waals surface area contributed by atoms with Crippen molar-refractivity contribution < 1.29 is 27.4 Å². The first-order chi connectivity index (χ1) is 12.3. The maximum atomic E-state index is 12.4. The predicted octanol–water partition coefficient (Wildman–Crippen LogP) is 3.60. The van der Waals surface area contributed by atoms with Gasteiger partial charge in [-0.1, -0.05) is 6.92 Å². The number of methoxy groups -OCH3 is 1. The summed E-state index contributed by atoms with van der Waals surface area (Å²) >= 11 is 0. The fourth-order valence-electron chi connectivity index (χ4n) is 3.06. The summed E-state index contributed by atoms with van der Waals surface area (Å²) in [6.07, 6.45) is -1.89. The number of anilines is 1. The lowest BCUT2D eigenvalue weighted by molar-refractivity contribution is -0.153. The van der Waals surface area contributed by atoms with Crippen LogP contribution in [0.1, 0.15) is 26.2 Å². The summed E-state index contributed by atoms with van der Waals surface area (Å²) in [6, 6.07) is 4.38. The van der Waals surface area contributed by atoms with Crippen molar-refractivity contribution in [3.8, 4) is 11.5 Å². The Balaban J connectivity index is 1.95. The molecule has 2 unspecified atom stereocenters. The van der Waals surface area contributed by atoms with Crippen LogP contribution in [-0.4, -0.2) is 38.9 Å². The zero-order chi connectivity index (χ0) is 19.2. The molecule has 0 bridgehead atoms. The first kappa shape index (κ1) is 20.4. The van der Waals surface area contributed by atoms with Gasteiger partial charge < -0.3 is 20.1 Å². The van der Waals surface area contributed by atoms with Gasteiger partial charge >= 0.3 is 6.18 Å². The van der Waals surface area contributed by atoms with Gasteiger partial charge in [0.1, 0.15) is 0 Å². The second-order valence-corrected chi connectivity index (χ2v) is 6.61. The van der Waals surface area contributed by atoms with Crippen LogP contribution in [0.3, 0.4) is 0 Å². The smallest absolute Gasteiger partial charge is 0.422 e. The van der Waals surface area contributed by atoms with Crippen molar-refractivity contribution in [1.82, 2.24) is 5.32 Å². The van der Waals surface area contributed by atoms with E-state index in [9.17, 15) is 18.0 Å². The number of ether oxygens (including phenoxy) is 2. The summed E-state index contributed by atoms with van der Waals surface area (Å²) in [5.41, 5.74) is 0.377. The van der Waals surface area contributed by atoms with Gasteiger partial charge in [-0.15, -0.1) is 0 Å². The molecule has 2 atom stereocenters. The summed E-state index contributed by atoms with van der Waals surface area (Å²) in [4.78, 5) is 12.3. The Morgan fingerprint density at radius 1 is 1.38 bits per heavy atom. The van der Waals surface area contributed by atoms with Crippen LogP contribution in [0.15, 0.2) is 18.2 Å². The van der Waals surface area contributed by atoms with E-state index in [4.69, 9.17) is 9.47 Å². The number of hydrogen-bond acceptors (Lipinski definition) is 4. The third kappa shape index (κ3) is 6.40. The molecular formula is C18H25F3N2O3. The van der Waals surface area contributed by atoms with E-state index >= 15 is 0 Å². The highest BCUT2D eigenvalue weighted by molar-refractivity contribution is 5.91. The van der Waals surface area contributed by atoms with Gasteiger partial charge in [-0.3, -0.25) is 4.79 Å². The largest absolute Gasteiger partial charge is 0.493 e. The standard InChI is InChI=1S/C18H25F3N2O3/c1-12(13-4-3-7-22-10-13)8-17(24)23-14-5-6-15(25-2)16(9-14)26-11-18(19,20)21/h5-6,9,12-13,22H,3-4,7-8,10-11H2,1-2H3,(H,23,24). The molecule has 0 aromatic heterocycles. The first-order valence-electron chi connectivity index (χ1n) is 8.66. The molecule has 1 aliphatic heterocycles. The van der Waals surface area contributed by atoms with Crippen molar-refractivity contribution in [3.63, 3.8) is 0 Å². The second kappa shape index (κ2) is 9.12. The zero-order valence-corrected chi connectivity index (χ0v) is 15.0. The topological polar surface area (TPSA) is 59.6 Å². The van der Waals surface area contributed by atoms with Crippen LogP contribution in [0.2, 0.25) is 0 Å². The summed E-state index contributed by atoms with van der Waals surface area (Å²) in [5.74, 6) is 0.620. The Hall–Kier alpha value is -1.96. The highest BCUT2D eigenvalue weighted by Gasteiger charge is 2.29. The normalized spacial score (nSPS) is 18.9. The molecule has 26 heavy (non-hydrogen) atoms. The van der Waals surface area contributed by atoms with Gasteiger partial charge in [0.2, 0.25) is 5.91 Å². The minimum atomic E-state index is -4.45. The summed E-state index contributed by atoms with van der Waals surface area (Å²) < 4.78 is 46.9. The number of piperidine rings is 1. The summed E-state index contributed by atoms with van der Waals surface area (Å²) in [5, 5.41) is 6.06. The molecule has 0 spiro atoms. The molecule has 1 aromatic carbocycles. The molecule has 1 heterocycles. The molecule has 8 heteroatoms. The van der Waals surface area contributed by atoms with E-state index < -0.39 is 12.8 Å². The molecule has 1 amide bonds. The number of halogens is 3. The van der Waals surface area contributed by atoms with Crippen molar-refractivity contribution in [2.75, 3.05) is 32.1 Å². The van der Waals surface area contributed by atoms with Crippen molar-refractivity contribution in [2.24, 2.45) is 11.8 Å². The number of carbonyl (C=O) groups excluding carboxylic acids is 1. The molecule has 0 saturated carbocycles. The number of amides is 1. The molecule has 0 aliphatic carbocycles. The van der Waals surface area contributed by atoms with E-state index in [-0.39, 0.29) is 23.3 Å². The quantitative estimate of drug-likeness (QED) is 0.766. The Kier molecular flexibility index (Phi) is 7.14. The zero-order valence-electron chi connectivity index (χ0n) is 15.0. The highest BCUT2D eigenvalue weighted by atomic mass is 19.4. The molecule has 1 fully saturated rings. The molecule has 5 nitrogen and oxygen atoms in total. The maximum Gasteiger partial charge on any atom is 0.422 e. The van der Waals surface area contributed by atoms with Gasteiger partial charge in [0.05, 0.1) is 7.11 Å². The predicted molar refractivity (Wildman–Crippen MR) is 92.5 cm³/mol. The fraction of sp³-hybridized carbons (Fsp3) is 0.611. The summed E-state index contributed by atoms with van der Waals surface area (Å²) in [7, 11) is 1.34. The minimum Gasteiger partial charge on any atom is -0.493 e. The van der Waals surface area contributed by atoms with E-state index in [1.54, 1.807) is 6.07 Å². The number of hydrogen-bond donors (Lipinski definition) is 2. The van der Waals surface area contributed by atoms with Gasteiger partial charge in [0.25, 0.3) is 0 Å². The molecule has 2 N–H and O–H groups in total. The van der Waals surface area contributed by atoms with Crippen LogP contribution < -0.4 is 20.1 Å². The van der Waals surface area contributed by atoms with E-state index in [2.05, 4.69) is 10.6 Å². The maximum absolute atomic E-state index is 12.4. The van der Waals surface area contributed by atoms with Crippen LogP contribution in [-0.2, 0) is 4.79 Å². The van der Waals surface area contributed by atoms with E-state index in [0.29, 0.717) is 18.0 Å². The number of carbonyl (C=O) groups is 1. The van der Waals surface area contributed by atoms with Gasteiger partial charge in [-0.25, -0.2) is 0 Å². The SMILES string of the molecule is COc1ccc(NC(=O)CC(C)C2CCCNC2)cc1OCC(F)(F)F. The number of benzene rings is 1. The van der Waals surface area contributed by atoms with Gasteiger partial charge in [-0.2, -0.15) is 13.2 Å². The average Bonchev–Trinajstić information content (AvgIpc) is 2.60. The van der Waals surface area contributed by atoms with Crippen LogP contribution >= 0.6 is 0 Å². The van der Waals surface area contributed by atoms with E-state index in [1.165, 1.54) is 19.2 Å². The minimum absolute atomic E-state index is 0.0628. The number of alkyl halides is 3. The number of rotatable bonds is 7. The molecule has 0 radical (unpaired) electrons. The lowest BCUT2D eigenvalue weighted by Crippen LogP contribution is -2.34. The fourth-order valence-corrected chi connectivity index (χ4v) is 3.06. The van der Waals surface area contributed by atoms with Crippen molar-refractivity contribution in [3.05, 3.63) is 18.2 Å². The van der Waals surface area contributed by atoms with E-state index in [1.807, 2.05) is 6.92 Å². The average molecular weight is 374 g/mol. The molecule has 2 rings (SSSR count). The second-order valence-electron chi connectivity index (χ2n) is 6.61. The molecule has 1 aliphatic rings. The van der Waals surface area contributed by atoms with Crippen LogP contribution in [0.25, 0.3) is 0 Å². The Labute approximate surface area is 151 Å². The van der Waals surface area contributed by atoms with Gasteiger partial charge in [-0.05, 0) is 49.9 Å². The third-order valence-electron chi connectivity index (χ3n) is 4.49.